The Bertz CT molecular complexity index is 1050. The molecule has 206 valence electrons. The first-order valence-electron chi connectivity index (χ1n) is 14.2. The van der Waals surface area contributed by atoms with E-state index >= 15 is 0 Å². The third-order valence-electron chi connectivity index (χ3n) is 8.97. The van der Waals surface area contributed by atoms with Crippen molar-refractivity contribution in [3.63, 3.8) is 0 Å². The molecular formula is C29H39FN4O4. The monoisotopic (exact) mass is 526 g/mol. The van der Waals surface area contributed by atoms with Crippen molar-refractivity contribution < 1.29 is 23.5 Å². The summed E-state index contributed by atoms with van der Waals surface area (Å²) in [6, 6.07) is 6.67. The van der Waals surface area contributed by atoms with Crippen LogP contribution < -0.4 is 5.73 Å². The maximum absolute atomic E-state index is 13.9. The van der Waals surface area contributed by atoms with Crippen LogP contribution in [-0.2, 0) is 20.7 Å². The van der Waals surface area contributed by atoms with E-state index in [4.69, 9.17) is 10.5 Å². The van der Waals surface area contributed by atoms with Crippen LogP contribution in [0, 0.1) is 11.8 Å². The van der Waals surface area contributed by atoms with E-state index in [0.29, 0.717) is 25.1 Å². The zero-order chi connectivity index (χ0) is 26.6. The van der Waals surface area contributed by atoms with Crippen LogP contribution in [0.4, 0.5) is 9.18 Å². The summed E-state index contributed by atoms with van der Waals surface area (Å²) in [7, 11) is 0. The minimum absolute atomic E-state index is 0.0540. The van der Waals surface area contributed by atoms with Gasteiger partial charge in [-0.15, -0.1) is 0 Å². The number of carbonyl (C=O) groups is 3. The van der Waals surface area contributed by atoms with Crippen molar-refractivity contribution in [2.24, 2.45) is 22.6 Å². The van der Waals surface area contributed by atoms with E-state index < -0.39 is 24.9 Å². The van der Waals surface area contributed by atoms with Gasteiger partial charge in [0, 0.05) is 31.0 Å². The smallest absolute Gasteiger partial charge is 0.434 e. The number of cyclic esters (lactones) is 1. The Morgan fingerprint density at radius 2 is 1.74 bits per heavy atom. The van der Waals surface area contributed by atoms with Gasteiger partial charge in [-0.25, -0.2) is 9.18 Å². The molecule has 2 saturated heterocycles. The number of benzene rings is 1. The Morgan fingerprint density at radius 1 is 1.03 bits per heavy atom. The Hall–Kier alpha value is -2.65. The number of rotatable bonds is 8. The number of likely N-dealkylation sites (tertiary alicyclic amines) is 2. The van der Waals surface area contributed by atoms with Gasteiger partial charge >= 0.3 is 6.09 Å². The van der Waals surface area contributed by atoms with Crippen molar-refractivity contribution in [1.82, 2.24) is 9.80 Å². The zero-order valence-electron chi connectivity index (χ0n) is 22.0. The summed E-state index contributed by atoms with van der Waals surface area (Å²) < 4.78 is 18.0. The summed E-state index contributed by atoms with van der Waals surface area (Å²) in [6.07, 6.45) is 6.90. The third-order valence-corrected chi connectivity index (χ3v) is 8.97. The van der Waals surface area contributed by atoms with Gasteiger partial charge in [0.25, 0.3) is 0 Å². The molecule has 1 saturated carbocycles. The maximum atomic E-state index is 13.9. The Balaban J connectivity index is 1.29. The van der Waals surface area contributed by atoms with Gasteiger partial charge < -0.3 is 15.4 Å². The topological polar surface area (TPSA) is 105 Å². The van der Waals surface area contributed by atoms with Crippen LogP contribution in [0.3, 0.4) is 0 Å². The number of amides is 2. The molecule has 9 heteroatoms. The van der Waals surface area contributed by atoms with Crippen LogP contribution in [0.2, 0.25) is 0 Å². The first-order chi connectivity index (χ1) is 18.4. The molecule has 2 N–H and O–H groups in total. The quantitative estimate of drug-likeness (QED) is 0.557. The molecule has 0 bridgehead atoms. The number of aliphatic imine (C=N–C) groups is 1. The molecule has 3 aliphatic heterocycles. The summed E-state index contributed by atoms with van der Waals surface area (Å²) in [4.78, 5) is 47.1. The van der Waals surface area contributed by atoms with Crippen LogP contribution >= 0.6 is 0 Å². The number of nitrogens with two attached hydrogens (primary N) is 1. The fourth-order valence-corrected chi connectivity index (χ4v) is 6.77. The number of hydrogen-bond acceptors (Lipinski definition) is 6. The van der Waals surface area contributed by atoms with Crippen molar-refractivity contribution >= 4 is 23.5 Å². The van der Waals surface area contributed by atoms with E-state index in [2.05, 4.69) is 9.89 Å². The van der Waals surface area contributed by atoms with E-state index in [1.165, 1.54) is 6.42 Å². The summed E-state index contributed by atoms with van der Waals surface area (Å²) in [5, 5.41) is 0. The average molecular weight is 527 g/mol. The third kappa shape index (κ3) is 5.83. The second kappa shape index (κ2) is 12.0. The van der Waals surface area contributed by atoms with Crippen molar-refractivity contribution in [3.8, 4) is 0 Å². The Kier molecular flexibility index (Phi) is 8.53. The minimum atomic E-state index is -0.576. The normalized spacial score (nSPS) is 29.2. The van der Waals surface area contributed by atoms with Gasteiger partial charge in [0.1, 0.15) is 19.3 Å². The lowest BCUT2D eigenvalue weighted by atomic mass is 9.78. The summed E-state index contributed by atoms with van der Waals surface area (Å²) >= 11 is 0. The molecule has 1 aromatic carbocycles. The lowest BCUT2D eigenvalue weighted by Crippen LogP contribution is -2.54. The Morgan fingerprint density at radius 3 is 2.37 bits per heavy atom. The number of hydrogen-bond donors (Lipinski definition) is 1. The van der Waals surface area contributed by atoms with E-state index in [1.807, 2.05) is 29.2 Å². The van der Waals surface area contributed by atoms with Crippen molar-refractivity contribution in [2.75, 3.05) is 32.9 Å². The molecule has 0 aromatic heterocycles. The first kappa shape index (κ1) is 26.9. The number of halogens is 1. The minimum Gasteiger partial charge on any atom is -0.441 e. The fraction of sp³-hybridized carbons (Fsp3) is 0.655. The van der Waals surface area contributed by atoms with Crippen LogP contribution in [0.15, 0.2) is 29.3 Å². The Labute approximate surface area is 223 Å². The van der Waals surface area contributed by atoms with Gasteiger partial charge in [-0.05, 0) is 75.1 Å². The first-order valence-corrected chi connectivity index (χ1v) is 14.2. The van der Waals surface area contributed by atoms with Gasteiger partial charge in [-0.3, -0.25) is 14.5 Å². The lowest BCUT2D eigenvalue weighted by molar-refractivity contribution is -0.143. The number of piperidine rings is 1. The molecule has 3 fully saturated rings. The molecule has 4 aliphatic rings. The molecule has 0 radical (unpaired) electrons. The highest BCUT2D eigenvalue weighted by molar-refractivity contribution is 6.09. The standard InChI is InChI=1S/C29H39FN4O4/c30-17-23(31)20-8-10-22(11-9-20)28(36)34-15-12-25(33-13-2-1-3-14-33)27(34)26(35)16-19-4-6-21(7-5-19)24-18-38-29(37)32-24/h4-7,20,22-23,25,27H,1-3,8-18,31H2/t20?,22?,23-,25-,27+/m1/s1. The molecule has 8 nitrogen and oxygen atoms in total. The number of alkyl halides is 1. The predicted molar refractivity (Wildman–Crippen MR) is 142 cm³/mol. The lowest BCUT2D eigenvalue weighted by Gasteiger charge is -2.38. The highest BCUT2D eigenvalue weighted by atomic mass is 19.1. The number of nitrogens with zero attached hydrogens (tertiary/aromatic N) is 3. The van der Waals surface area contributed by atoms with Crippen molar-refractivity contribution in [2.45, 2.75) is 75.9 Å². The van der Waals surface area contributed by atoms with Crippen LogP contribution in [0.1, 0.15) is 62.5 Å². The molecule has 2 amide bonds. The molecule has 0 unspecified atom stereocenters. The summed E-state index contributed by atoms with van der Waals surface area (Å²) in [5.41, 5.74) is 8.20. The largest absolute Gasteiger partial charge is 0.441 e. The van der Waals surface area contributed by atoms with E-state index in [1.54, 1.807) is 0 Å². The SMILES string of the molecule is N[C@H](CF)C1CCC(C(=O)N2CC[C@@H](N3CCCCC3)[C@H]2C(=O)Cc2ccc(C3=NC(=O)OC3)cc2)CC1. The van der Waals surface area contributed by atoms with Gasteiger partial charge in [-0.1, -0.05) is 30.7 Å². The maximum Gasteiger partial charge on any atom is 0.434 e. The molecule has 3 atom stereocenters. The second-order valence-corrected chi connectivity index (χ2v) is 11.3. The molecule has 38 heavy (non-hydrogen) atoms. The molecule has 1 aliphatic carbocycles. The second-order valence-electron chi connectivity index (χ2n) is 11.3. The summed E-state index contributed by atoms with van der Waals surface area (Å²) in [6.45, 7) is 2.19. The number of ether oxygens (including phenoxy) is 1. The number of carbonyl (C=O) groups excluding carboxylic acids is 3. The summed E-state index contributed by atoms with van der Waals surface area (Å²) in [5.74, 6) is 0.160. The van der Waals surface area contributed by atoms with E-state index in [9.17, 15) is 18.8 Å². The number of ketones is 1. The average Bonchev–Trinajstić information content (AvgIpc) is 3.60. The van der Waals surface area contributed by atoms with Crippen LogP contribution in [0.25, 0.3) is 0 Å². The van der Waals surface area contributed by atoms with Gasteiger partial charge in [0.15, 0.2) is 5.78 Å². The number of Topliss-reactive ketones (excluding diaryl/α,β-unsaturated/α-hetero) is 1. The van der Waals surface area contributed by atoms with Crippen molar-refractivity contribution in [3.05, 3.63) is 35.4 Å². The highest BCUT2D eigenvalue weighted by Crippen LogP contribution is 2.35. The highest BCUT2D eigenvalue weighted by Gasteiger charge is 2.46. The molecule has 0 spiro atoms. The molecule has 3 heterocycles. The fourth-order valence-electron chi connectivity index (χ4n) is 6.77. The van der Waals surface area contributed by atoms with Gasteiger partial charge in [-0.2, -0.15) is 4.99 Å². The van der Waals surface area contributed by atoms with Gasteiger partial charge in [0.05, 0.1) is 5.71 Å². The van der Waals surface area contributed by atoms with E-state index in [0.717, 1.165) is 56.3 Å². The predicted octanol–water partition coefficient (Wildman–Crippen LogP) is 3.30. The van der Waals surface area contributed by atoms with Gasteiger partial charge in [0.2, 0.25) is 5.91 Å². The van der Waals surface area contributed by atoms with Crippen LogP contribution in [0.5, 0.6) is 0 Å². The van der Waals surface area contributed by atoms with Crippen LogP contribution in [-0.4, -0.2) is 84.3 Å². The molecule has 1 aromatic rings. The molecular weight excluding hydrogens is 487 g/mol. The molecule has 5 rings (SSSR count). The van der Waals surface area contributed by atoms with Crippen molar-refractivity contribution in [1.29, 1.82) is 0 Å². The zero-order valence-corrected chi connectivity index (χ0v) is 22.0. The van der Waals surface area contributed by atoms with E-state index in [-0.39, 0.29) is 42.6 Å².